The lowest BCUT2D eigenvalue weighted by molar-refractivity contribution is -0.137. The molecule has 0 radical (unpaired) electrons. The molecule has 0 saturated carbocycles. The molecule has 3 N–H and O–H groups in total. The van der Waals surface area contributed by atoms with Gasteiger partial charge in [-0.05, 0) is 57.4 Å². The standard InChI is InChI=1S/C30H37F3N6O5S/c1-3-44-17-21-5-4-8-39(21)16-24-26(19-11-20(30(31,32)33)13-22(12-19)43-2)36-29(45-24)37-27(40)23-14-35-25(15-34-23)38-9-6-18(7-10-38)28(41)42/h11-15,18,21,28,41-42H,3-10,16-17H2,1-2H3,(H,36,37,40)/t21-/m0/s1. The molecule has 11 nitrogen and oxygen atoms in total. The monoisotopic (exact) mass is 650 g/mol. The third-order valence-electron chi connectivity index (χ3n) is 8.18. The molecule has 5 rings (SSSR count). The summed E-state index contributed by atoms with van der Waals surface area (Å²) in [6, 6.07) is 3.66. The molecule has 2 fully saturated rings. The number of aromatic nitrogens is 3. The number of carbonyl (C=O) groups excluding carboxylic acids is 1. The second-order valence-electron chi connectivity index (χ2n) is 11.1. The Morgan fingerprint density at radius 3 is 2.56 bits per heavy atom. The minimum absolute atomic E-state index is 0.0480. The van der Waals surface area contributed by atoms with E-state index >= 15 is 0 Å². The number of rotatable bonds is 11. The molecule has 0 bridgehead atoms. The summed E-state index contributed by atoms with van der Waals surface area (Å²) in [6.07, 6.45) is 0.0227. The van der Waals surface area contributed by atoms with Crippen molar-refractivity contribution in [3.8, 4) is 17.0 Å². The Balaban J connectivity index is 1.38. The predicted octanol–water partition coefficient (Wildman–Crippen LogP) is 4.41. The Morgan fingerprint density at radius 2 is 1.91 bits per heavy atom. The van der Waals surface area contributed by atoms with Crippen LogP contribution in [0, 0.1) is 5.92 Å². The Bertz CT molecular complexity index is 1450. The Hall–Kier alpha value is -3.37. The summed E-state index contributed by atoms with van der Waals surface area (Å²) in [4.78, 5) is 31.3. The van der Waals surface area contributed by atoms with Gasteiger partial charge in [0.05, 0.1) is 37.4 Å². The fourth-order valence-electron chi connectivity index (χ4n) is 5.68. The number of methoxy groups -OCH3 is 1. The van der Waals surface area contributed by atoms with Crippen molar-refractivity contribution >= 4 is 28.2 Å². The zero-order valence-corrected chi connectivity index (χ0v) is 25.9. The summed E-state index contributed by atoms with van der Waals surface area (Å²) in [5.74, 6) is -0.126. The zero-order valence-electron chi connectivity index (χ0n) is 25.1. The average Bonchev–Trinajstić information content (AvgIpc) is 3.65. The minimum atomic E-state index is -4.59. The Labute approximate surface area is 263 Å². The first kappa shape index (κ1) is 33.0. The summed E-state index contributed by atoms with van der Waals surface area (Å²) in [5, 5.41) is 21.8. The highest BCUT2D eigenvalue weighted by Crippen LogP contribution is 2.39. The number of alkyl halides is 3. The first-order valence-electron chi connectivity index (χ1n) is 14.9. The summed E-state index contributed by atoms with van der Waals surface area (Å²) in [5.41, 5.74) is -0.242. The van der Waals surface area contributed by atoms with E-state index in [9.17, 15) is 28.2 Å². The van der Waals surface area contributed by atoms with Gasteiger partial charge in [-0.25, -0.2) is 15.0 Å². The lowest BCUT2D eigenvalue weighted by atomic mass is 9.96. The third kappa shape index (κ3) is 8.08. The molecular weight excluding hydrogens is 613 g/mol. The number of benzene rings is 1. The summed E-state index contributed by atoms with van der Waals surface area (Å²) in [6.45, 7) is 5.47. The van der Waals surface area contributed by atoms with Crippen molar-refractivity contribution in [2.24, 2.45) is 5.92 Å². The van der Waals surface area contributed by atoms with Crippen molar-refractivity contribution in [3.63, 3.8) is 0 Å². The highest BCUT2D eigenvalue weighted by Gasteiger charge is 2.33. The number of likely N-dealkylation sites (tertiary alicyclic amines) is 1. The lowest BCUT2D eigenvalue weighted by Gasteiger charge is -2.33. The van der Waals surface area contributed by atoms with E-state index in [1.165, 1.54) is 36.9 Å². The van der Waals surface area contributed by atoms with Crippen LogP contribution in [0.3, 0.4) is 0 Å². The number of hydrogen-bond acceptors (Lipinski definition) is 11. The Morgan fingerprint density at radius 1 is 1.13 bits per heavy atom. The first-order chi connectivity index (χ1) is 21.5. The fourth-order valence-corrected chi connectivity index (χ4v) is 6.68. The molecule has 2 aliphatic rings. The largest absolute Gasteiger partial charge is 0.497 e. The second kappa shape index (κ2) is 14.4. The molecule has 2 aromatic heterocycles. The van der Waals surface area contributed by atoms with E-state index in [0.29, 0.717) is 62.1 Å². The molecule has 1 amide bonds. The number of nitrogens with zero attached hydrogens (tertiary/aromatic N) is 5. The van der Waals surface area contributed by atoms with Crippen LogP contribution in [0.4, 0.5) is 24.1 Å². The molecule has 45 heavy (non-hydrogen) atoms. The number of aliphatic hydroxyl groups is 2. The van der Waals surface area contributed by atoms with Crippen LogP contribution in [0.15, 0.2) is 30.6 Å². The van der Waals surface area contributed by atoms with Gasteiger partial charge in [0.25, 0.3) is 5.91 Å². The maximum absolute atomic E-state index is 13.8. The van der Waals surface area contributed by atoms with E-state index < -0.39 is 23.9 Å². The number of aliphatic hydroxyl groups excluding tert-OH is 1. The number of carbonyl (C=O) groups is 1. The number of nitrogens with one attached hydrogen (secondary N) is 1. The van der Waals surface area contributed by atoms with Crippen LogP contribution in [0.2, 0.25) is 0 Å². The van der Waals surface area contributed by atoms with Gasteiger partial charge in [0.15, 0.2) is 11.4 Å². The van der Waals surface area contributed by atoms with Crippen molar-refractivity contribution in [3.05, 3.63) is 46.7 Å². The smallest absolute Gasteiger partial charge is 0.416 e. The number of ether oxygens (including phenoxy) is 2. The number of anilines is 2. The van der Waals surface area contributed by atoms with E-state index in [2.05, 4.69) is 25.2 Å². The third-order valence-corrected chi connectivity index (χ3v) is 9.13. The molecule has 2 saturated heterocycles. The van der Waals surface area contributed by atoms with Crippen LogP contribution >= 0.6 is 11.3 Å². The van der Waals surface area contributed by atoms with E-state index in [1.807, 2.05) is 11.8 Å². The normalized spacial score (nSPS) is 18.1. The van der Waals surface area contributed by atoms with Gasteiger partial charge in [-0.15, -0.1) is 0 Å². The van der Waals surface area contributed by atoms with Crippen molar-refractivity contribution < 1.29 is 37.7 Å². The SMILES string of the molecule is CCOC[C@@H]1CCCN1Cc1sc(NC(=O)c2cnc(N3CCC(C(O)O)CC3)cn2)nc1-c1cc(OC)cc(C(F)(F)F)c1. The number of amides is 1. The van der Waals surface area contributed by atoms with Crippen molar-refractivity contribution in [1.29, 1.82) is 0 Å². The van der Waals surface area contributed by atoms with E-state index in [0.717, 1.165) is 31.5 Å². The molecule has 1 atom stereocenters. The second-order valence-corrected chi connectivity index (χ2v) is 12.2. The maximum atomic E-state index is 13.8. The number of thiazole rings is 1. The highest BCUT2D eigenvalue weighted by atomic mass is 32.1. The van der Waals surface area contributed by atoms with Crippen molar-refractivity contribution in [2.75, 3.05) is 50.2 Å². The van der Waals surface area contributed by atoms with Gasteiger partial charge in [-0.1, -0.05) is 11.3 Å². The van der Waals surface area contributed by atoms with Gasteiger partial charge in [-0.3, -0.25) is 15.0 Å². The van der Waals surface area contributed by atoms with Crippen molar-refractivity contribution in [2.45, 2.75) is 57.7 Å². The van der Waals surface area contributed by atoms with Gasteiger partial charge < -0.3 is 24.6 Å². The molecule has 0 aliphatic carbocycles. The molecular formula is C30H37F3N6O5S. The summed E-state index contributed by atoms with van der Waals surface area (Å²) in [7, 11) is 1.31. The van der Waals surface area contributed by atoms with Gasteiger partial charge >= 0.3 is 6.18 Å². The summed E-state index contributed by atoms with van der Waals surface area (Å²) < 4.78 is 52.2. The zero-order chi connectivity index (χ0) is 32.1. The predicted molar refractivity (Wildman–Crippen MR) is 162 cm³/mol. The molecule has 3 aromatic rings. The average molecular weight is 651 g/mol. The molecule has 1 aromatic carbocycles. The maximum Gasteiger partial charge on any atom is 0.416 e. The van der Waals surface area contributed by atoms with Crippen LogP contribution < -0.4 is 15.0 Å². The van der Waals surface area contributed by atoms with Crippen molar-refractivity contribution in [1.82, 2.24) is 19.9 Å². The lowest BCUT2D eigenvalue weighted by Crippen LogP contribution is -2.38. The topological polar surface area (TPSA) is 133 Å². The number of hydrogen-bond donors (Lipinski definition) is 3. The molecule has 0 spiro atoms. The van der Waals surface area contributed by atoms with Crippen LogP contribution in [0.5, 0.6) is 5.75 Å². The van der Waals surface area contributed by atoms with Gasteiger partial charge in [0, 0.05) is 48.6 Å². The molecule has 15 heteroatoms. The minimum Gasteiger partial charge on any atom is -0.497 e. The molecule has 0 unspecified atom stereocenters. The van der Waals surface area contributed by atoms with Gasteiger partial charge in [-0.2, -0.15) is 13.2 Å². The van der Waals surface area contributed by atoms with E-state index in [-0.39, 0.29) is 34.1 Å². The van der Waals surface area contributed by atoms with Gasteiger partial charge in [0.1, 0.15) is 17.3 Å². The van der Waals surface area contributed by atoms with E-state index in [1.54, 1.807) is 0 Å². The van der Waals surface area contributed by atoms with Crippen LogP contribution in [-0.2, 0) is 17.5 Å². The first-order valence-corrected chi connectivity index (χ1v) is 15.7. The quantitative estimate of drug-likeness (QED) is 0.257. The van der Waals surface area contributed by atoms with Crippen LogP contribution in [0.25, 0.3) is 11.3 Å². The number of halogens is 3. The summed E-state index contributed by atoms with van der Waals surface area (Å²) >= 11 is 1.20. The molecule has 244 valence electrons. The van der Waals surface area contributed by atoms with Crippen LogP contribution in [0.1, 0.15) is 53.5 Å². The van der Waals surface area contributed by atoms with Gasteiger partial charge in [0.2, 0.25) is 0 Å². The number of piperidine rings is 1. The Kier molecular flexibility index (Phi) is 10.5. The van der Waals surface area contributed by atoms with Crippen LogP contribution in [-0.4, -0.2) is 88.3 Å². The fraction of sp³-hybridized carbons (Fsp3) is 0.533. The highest BCUT2D eigenvalue weighted by molar-refractivity contribution is 7.16. The molecule has 2 aliphatic heterocycles. The van der Waals surface area contributed by atoms with E-state index in [4.69, 9.17) is 9.47 Å². The molecule has 4 heterocycles.